The Morgan fingerprint density at radius 2 is 2.20 bits per heavy atom. The summed E-state index contributed by atoms with van der Waals surface area (Å²) in [5.41, 5.74) is 2.42. The van der Waals surface area contributed by atoms with Crippen LogP contribution in [0.4, 0.5) is 0 Å². The normalized spacial score (nSPS) is 10.8. The van der Waals surface area contributed by atoms with Gasteiger partial charge >= 0.3 is 0 Å². The maximum atomic E-state index is 5.82. The first kappa shape index (κ1) is 15.1. The lowest BCUT2D eigenvalue weighted by atomic mass is 10.2. The van der Waals surface area contributed by atoms with Crippen LogP contribution in [-0.4, -0.2) is 22.9 Å². The molecule has 1 aromatic heterocycles. The largest absolute Gasteiger partial charge is 0.492 e. The molecule has 0 aliphatic heterocycles. The smallest absolute Gasteiger partial charge is 0.133 e. The molecule has 20 heavy (non-hydrogen) atoms. The van der Waals surface area contributed by atoms with Gasteiger partial charge in [-0.3, -0.25) is 4.68 Å². The van der Waals surface area contributed by atoms with Crippen molar-refractivity contribution in [2.24, 2.45) is 7.05 Å². The van der Waals surface area contributed by atoms with Gasteiger partial charge in [-0.05, 0) is 46.2 Å². The van der Waals surface area contributed by atoms with Gasteiger partial charge in [0.05, 0.1) is 11.1 Å². The highest BCUT2D eigenvalue weighted by Gasteiger charge is 2.04. The molecule has 1 heterocycles. The van der Waals surface area contributed by atoms with E-state index in [1.54, 1.807) is 6.20 Å². The molecular weight excluding hydrogens is 318 g/mol. The average Bonchev–Trinajstić information content (AvgIpc) is 2.84. The Hall–Kier alpha value is -1.33. The summed E-state index contributed by atoms with van der Waals surface area (Å²) in [7, 11) is 1.95. The van der Waals surface area contributed by atoms with Crippen molar-refractivity contribution in [1.29, 1.82) is 0 Å². The van der Waals surface area contributed by atoms with Crippen LogP contribution in [0, 0.1) is 0 Å². The molecule has 0 aliphatic carbocycles. The SMILES string of the molecule is CCNCc1ccc(OCCc2ccnn2C)c(Br)c1. The summed E-state index contributed by atoms with van der Waals surface area (Å²) >= 11 is 3.56. The third-order valence-corrected chi connectivity index (χ3v) is 3.73. The predicted octanol–water partition coefficient (Wildman–Crippen LogP) is 2.91. The zero-order valence-corrected chi connectivity index (χ0v) is 13.5. The molecule has 0 radical (unpaired) electrons. The van der Waals surface area contributed by atoms with E-state index in [1.165, 1.54) is 11.3 Å². The van der Waals surface area contributed by atoms with Gasteiger partial charge in [0.15, 0.2) is 0 Å². The standard InChI is InChI=1S/C15H20BrN3O/c1-3-17-11-12-4-5-15(14(16)10-12)20-9-7-13-6-8-18-19(13)2/h4-6,8,10,17H,3,7,9,11H2,1-2H3. The summed E-state index contributed by atoms with van der Waals surface area (Å²) in [6.45, 7) is 4.60. The first-order valence-corrected chi connectivity index (χ1v) is 7.59. The second-order valence-electron chi connectivity index (χ2n) is 4.59. The minimum Gasteiger partial charge on any atom is -0.492 e. The summed E-state index contributed by atoms with van der Waals surface area (Å²) in [5.74, 6) is 0.882. The minimum atomic E-state index is 0.644. The molecule has 0 bridgehead atoms. The fourth-order valence-electron chi connectivity index (χ4n) is 1.95. The highest BCUT2D eigenvalue weighted by molar-refractivity contribution is 9.10. The van der Waals surface area contributed by atoms with Crippen LogP contribution in [0.2, 0.25) is 0 Å². The Bertz CT molecular complexity index is 554. The average molecular weight is 338 g/mol. The Kier molecular flexibility index (Phi) is 5.61. The molecule has 0 unspecified atom stereocenters. The zero-order valence-electron chi connectivity index (χ0n) is 11.9. The number of aryl methyl sites for hydroxylation is 1. The zero-order chi connectivity index (χ0) is 14.4. The predicted molar refractivity (Wildman–Crippen MR) is 83.9 cm³/mol. The number of nitrogens with zero attached hydrogens (tertiary/aromatic N) is 2. The van der Waals surface area contributed by atoms with Gasteiger partial charge in [-0.1, -0.05) is 13.0 Å². The molecular formula is C15H20BrN3O. The van der Waals surface area contributed by atoms with Gasteiger partial charge in [0.2, 0.25) is 0 Å². The van der Waals surface area contributed by atoms with Gasteiger partial charge in [0, 0.05) is 31.9 Å². The first-order valence-electron chi connectivity index (χ1n) is 6.79. The summed E-state index contributed by atoms with van der Waals surface area (Å²) in [5, 5.41) is 7.45. The molecule has 0 amide bonds. The van der Waals surface area contributed by atoms with Crippen molar-refractivity contribution in [3.63, 3.8) is 0 Å². The third-order valence-electron chi connectivity index (χ3n) is 3.11. The topological polar surface area (TPSA) is 39.1 Å². The number of aromatic nitrogens is 2. The maximum absolute atomic E-state index is 5.82. The van der Waals surface area contributed by atoms with Crippen LogP contribution >= 0.6 is 15.9 Å². The van der Waals surface area contributed by atoms with E-state index in [-0.39, 0.29) is 0 Å². The number of halogens is 1. The van der Waals surface area contributed by atoms with Crippen LogP contribution in [0.3, 0.4) is 0 Å². The molecule has 1 aromatic carbocycles. The fourth-order valence-corrected chi connectivity index (χ4v) is 2.49. The van der Waals surface area contributed by atoms with Crippen molar-refractivity contribution >= 4 is 15.9 Å². The van der Waals surface area contributed by atoms with Crippen molar-refractivity contribution in [2.75, 3.05) is 13.2 Å². The first-order chi connectivity index (χ1) is 9.70. The number of hydrogen-bond donors (Lipinski definition) is 1. The van der Waals surface area contributed by atoms with Crippen LogP contribution in [0.5, 0.6) is 5.75 Å². The van der Waals surface area contributed by atoms with Crippen LogP contribution < -0.4 is 10.1 Å². The van der Waals surface area contributed by atoms with E-state index in [0.717, 1.165) is 29.7 Å². The van der Waals surface area contributed by atoms with Gasteiger partial charge in [-0.15, -0.1) is 0 Å². The lowest BCUT2D eigenvalue weighted by Gasteiger charge is -2.10. The molecule has 0 atom stereocenters. The Labute approximate surface area is 128 Å². The van der Waals surface area contributed by atoms with Crippen molar-refractivity contribution in [2.45, 2.75) is 19.9 Å². The summed E-state index contributed by atoms with van der Waals surface area (Å²) < 4.78 is 8.69. The van der Waals surface area contributed by atoms with Crippen LogP contribution in [0.25, 0.3) is 0 Å². The van der Waals surface area contributed by atoms with E-state index in [2.05, 4.69) is 45.4 Å². The van der Waals surface area contributed by atoms with E-state index in [0.29, 0.717) is 6.61 Å². The number of hydrogen-bond acceptors (Lipinski definition) is 3. The number of benzene rings is 1. The number of nitrogens with one attached hydrogen (secondary N) is 1. The van der Waals surface area contributed by atoms with Crippen LogP contribution in [-0.2, 0) is 20.0 Å². The lowest BCUT2D eigenvalue weighted by molar-refractivity contribution is 0.316. The van der Waals surface area contributed by atoms with E-state index >= 15 is 0 Å². The lowest BCUT2D eigenvalue weighted by Crippen LogP contribution is -2.11. The molecule has 2 rings (SSSR count). The molecule has 2 aromatic rings. The monoisotopic (exact) mass is 337 g/mol. The second-order valence-corrected chi connectivity index (χ2v) is 5.44. The summed E-state index contributed by atoms with van der Waals surface area (Å²) in [4.78, 5) is 0. The molecule has 0 saturated heterocycles. The molecule has 1 N–H and O–H groups in total. The summed E-state index contributed by atoms with van der Waals surface area (Å²) in [6, 6.07) is 8.22. The molecule has 0 saturated carbocycles. The van der Waals surface area contributed by atoms with Gasteiger partial charge in [-0.2, -0.15) is 5.10 Å². The van der Waals surface area contributed by atoms with E-state index in [1.807, 2.05) is 23.9 Å². The molecule has 108 valence electrons. The second kappa shape index (κ2) is 7.45. The number of rotatable bonds is 7. The van der Waals surface area contributed by atoms with Crippen molar-refractivity contribution in [3.8, 4) is 5.75 Å². The summed E-state index contributed by atoms with van der Waals surface area (Å²) in [6.07, 6.45) is 2.66. The Morgan fingerprint density at radius 3 is 2.85 bits per heavy atom. The van der Waals surface area contributed by atoms with Crippen molar-refractivity contribution in [3.05, 3.63) is 46.2 Å². The Morgan fingerprint density at radius 1 is 1.35 bits per heavy atom. The highest BCUT2D eigenvalue weighted by Crippen LogP contribution is 2.26. The van der Waals surface area contributed by atoms with Gasteiger partial charge in [0.1, 0.15) is 5.75 Å². The van der Waals surface area contributed by atoms with E-state index < -0.39 is 0 Å². The molecule has 5 heteroatoms. The quantitative estimate of drug-likeness (QED) is 0.844. The molecule has 0 aliphatic rings. The van der Waals surface area contributed by atoms with Crippen LogP contribution in [0.1, 0.15) is 18.2 Å². The van der Waals surface area contributed by atoms with Crippen molar-refractivity contribution in [1.82, 2.24) is 15.1 Å². The third kappa shape index (κ3) is 4.08. The number of ether oxygens (including phenoxy) is 1. The fraction of sp³-hybridized carbons (Fsp3) is 0.400. The van der Waals surface area contributed by atoms with E-state index in [4.69, 9.17) is 4.74 Å². The van der Waals surface area contributed by atoms with Gasteiger partial charge in [0.25, 0.3) is 0 Å². The molecule has 0 spiro atoms. The Balaban J connectivity index is 1.88. The van der Waals surface area contributed by atoms with Gasteiger partial charge in [-0.25, -0.2) is 0 Å². The van der Waals surface area contributed by atoms with Crippen molar-refractivity contribution < 1.29 is 4.74 Å². The maximum Gasteiger partial charge on any atom is 0.133 e. The molecule has 4 nitrogen and oxygen atoms in total. The van der Waals surface area contributed by atoms with Gasteiger partial charge < -0.3 is 10.1 Å². The minimum absolute atomic E-state index is 0.644. The van der Waals surface area contributed by atoms with Crippen LogP contribution in [0.15, 0.2) is 34.9 Å². The highest BCUT2D eigenvalue weighted by atomic mass is 79.9. The molecule has 0 fully saturated rings. The van der Waals surface area contributed by atoms with E-state index in [9.17, 15) is 0 Å².